The summed E-state index contributed by atoms with van der Waals surface area (Å²) in [5.41, 5.74) is 3.69. The molecular weight excluding hydrogens is 420 g/mol. The molecule has 4 aromatic rings. The van der Waals surface area contributed by atoms with Crippen LogP contribution >= 0.6 is 11.6 Å². The molecule has 1 fully saturated rings. The topological polar surface area (TPSA) is 69.8 Å². The monoisotopic (exact) mass is 444 g/mol. The summed E-state index contributed by atoms with van der Waals surface area (Å²) in [4.78, 5) is 20.6. The number of nitrogens with zero attached hydrogens (tertiary/aromatic N) is 1. The van der Waals surface area contributed by atoms with Gasteiger partial charge in [-0.2, -0.15) is 0 Å². The molecule has 0 radical (unpaired) electrons. The number of hydrogen-bond acceptors (Lipinski definition) is 3. The average Bonchev–Trinajstić information content (AvgIpc) is 3.57. The number of fused-ring (bicyclic) bond motifs is 1. The van der Waals surface area contributed by atoms with Crippen molar-refractivity contribution in [1.82, 2.24) is 15.3 Å². The smallest absolute Gasteiger partial charge is 0.252 e. The van der Waals surface area contributed by atoms with Crippen molar-refractivity contribution in [3.8, 4) is 0 Å². The minimum Gasteiger partial charge on any atom is -0.370 e. The molecule has 5 nitrogen and oxygen atoms in total. The number of hydrogen-bond donors (Lipinski definition) is 3. The molecule has 2 aromatic carbocycles. The van der Waals surface area contributed by atoms with Crippen LogP contribution in [0.1, 0.15) is 40.2 Å². The second-order valence-corrected chi connectivity index (χ2v) is 8.74. The lowest BCUT2D eigenvalue weighted by atomic mass is 9.90. The number of para-hydroxylation sites is 1. The van der Waals surface area contributed by atoms with E-state index in [1.807, 2.05) is 60.8 Å². The van der Waals surface area contributed by atoms with Gasteiger partial charge in [-0.3, -0.25) is 4.79 Å². The summed E-state index contributed by atoms with van der Waals surface area (Å²) in [7, 11) is 0. The molecule has 162 valence electrons. The molecule has 0 bridgehead atoms. The van der Waals surface area contributed by atoms with Crippen LogP contribution in [0.5, 0.6) is 0 Å². The fraction of sp³-hybridized carbons (Fsp3) is 0.231. The number of rotatable bonds is 8. The number of pyridine rings is 1. The van der Waals surface area contributed by atoms with Crippen LogP contribution in [0.3, 0.4) is 0 Å². The molecule has 3 N–H and O–H groups in total. The molecule has 32 heavy (non-hydrogen) atoms. The summed E-state index contributed by atoms with van der Waals surface area (Å²) in [5.74, 6) is 1.34. The van der Waals surface area contributed by atoms with E-state index in [1.54, 1.807) is 6.20 Å². The van der Waals surface area contributed by atoms with E-state index in [-0.39, 0.29) is 11.8 Å². The highest BCUT2D eigenvalue weighted by Crippen LogP contribution is 2.34. The summed E-state index contributed by atoms with van der Waals surface area (Å²) in [6.45, 7) is 1.37. The predicted octanol–water partition coefficient (Wildman–Crippen LogP) is 5.60. The van der Waals surface area contributed by atoms with Crippen LogP contribution in [0.15, 0.2) is 73.1 Å². The summed E-state index contributed by atoms with van der Waals surface area (Å²) in [6, 6.07) is 19.6. The van der Waals surface area contributed by atoms with Crippen molar-refractivity contribution >= 4 is 34.2 Å². The van der Waals surface area contributed by atoms with Crippen LogP contribution in [0.2, 0.25) is 5.02 Å². The summed E-state index contributed by atoms with van der Waals surface area (Å²) < 4.78 is 0. The predicted molar refractivity (Wildman–Crippen MR) is 129 cm³/mol. The van der Waals surface area contributed by atoms with Crippen LogP contribution in [0.25, 0.3) is 10.9 Å². The molecule has 1 unspecified atom stereocenters. The number of amides is 1. The maximum absolute atomic E-state index is 12.9. The number of H-pyrrole nitrogens is 1. The number of carbonyl (C=O) groups is 1. The van der Waals surface area contributed by atoms with E-state index in [9.17, 15) is 4.79 Å². The first kappa shape index (κ1) is 20.6. The zero-order valence-corrected chi connectivity index (χ0v) is 18.4. The molecule has 0 aliphatic heterocycles. The van der Waals surface area contributed by atoms with E-state index in [0.29, 0.717) is 17.1 Å². The van der Waals surface area contributed by atoms with Crippen molar-refractivity contribution in [1.29, 1.82) is 0 Å². The van der Waals surface area contributed by atoms with Crippen LogP contribution < -0.4 is 10.6 Å². The lowest BCUT2D eigenvalue weighted by Gasteiger charge is -2.19. The van der Waals surface area contributed by atoms with Crippen molar-refractivity contribution in [3.63, 3.8) is 0 Å². The minimum atomic E-state index is -0.150. The Labute approximate surface area is 192 Å². The van der Waals surface area contributed by atoms with E-state index in [2.05, 4.69) is 26.7 Å². The Balaban J connectivity index is 1.35. The van der Waals surface area contributed by atoms with Gasteiger partial charge in [-0.05, 0) is 54.2 Å². The minimum absolute atomic E-state index is 0.0868. The molecule has 1 aliphatic rings. The fourth-order valence-corrected chi connectivity index (χ4v) is 4.30. The Kier molecular flexibility index (Phi) is 5.82. The maximum Gasteiger partial charge on any atom is 0.252 e. The van der Waals surface area contributed by atoms with E-state index >= 15 is 0 Å². The summed E-state index contributed by atoms with van der Waals surface area (Å²) in [6.07, 6.45) is 6.21. The number of aromatic nitrogens is 2. The highest BCUT2D eigenvalue weighted by molar-refractivity contribution is 6.31. The second-order valence-electron chi connectivity index (χ2n) is 8.33. The maximum atomic E-state index is 12.9. The first-order chi connectivity index (χ1) is 15.7. The lowest BCUT2D eigenvalue weighted by Crippen LogP contribution is -2.29. The Bertz CT molecular complexity index is 1230. The van der Waals surface area contributed by atoms with Crippen LogP contribution in [-0.2, 0) is 0 Å². The number of anilines is 1. The largest absolute Gasteiger partial charge is 0.370 e. The van der Waals surface area contributed by atoms with E-state index in [1.165, 1.54) is 12.8 Å². The molecule has 1 atom stereocenters. The molecule has 2 aromatic heterocycles. The van der Waals surface area contributed by atoms with Gasteiger partial charge in [0.15, 0.2) is 0 Å². The Hall–Kier alpha value is -3.31. The number of aromatic amines is 1. The second kappa shape index (κ2) is 9.05. The Morgan fingerprint density at radius 3 is 2.66 bits per heavy atom. The third kappa shape index (κ3) is 4.48. The number of carbonyl (C=O) groups excluding carboxylic acids is 1. The standard InChI is InChI=1S/C26H25ClN4O/c27-23-7-3-1-5-19(23)21(22-15-28-24-8-4-2-6-20(22)24)16-31-26(32)18-11-12-25(30-14-18)29-13-17-9-10-17/h1-8,11-12,14-15,17,21,28H,9-10,13,16H2,(H,29,30)(H,31,32). The molecule has 1 amide bonds. The van der Waals surface area contributed by atoms with Crippen LogP contribution in [0, 0.1) is 5.92 Å². The van der Waals surface area contributed by atoms with Gasteiger partial charge in [0.25, 0.3) is 5.91 Å². The highest BCUT2D eigenvalue weighted by Gasteiger charge is 2.22. The van der Waals surface area contributed by atoms with E-state index in [0.717, 1.165) is 40.3 Å². The quantitative estimate of drug-likeness (QED) is 0.331. The van der Waals surface area contributed by atoms with Gasteiger partial charge >= 0.3 is 0 Å². The molecule has 1 aliphatic carbocycles. The van der Waals surface area contributed by atoms with Crippen molar-refractivity contribution in [2.24, 2.45) is 5.92 Å². The van der Waals surface area contributed by atoms with E-state index in [4.69, 9.17) is 11.6 Å². The fourth-order valence-electron chi connectivity index (χ4n) is 4.03. The first-order valence-corrected chi connectivity index (χ1v) is 11.4. The van der Waals surface area contributed by atoms with Gasteiger partial charge in [0.2, 0.25) is 0 Å². The number of nitrogens with one attached hydrogen (secondary N) is 3. The number of benzene rings is 2. The molecule has 1 saturated carbocycles. The van der Waals surface area contributed by atoms with Crippen molar-refractivity contribution in [3.05, 3.63) is 94.8 Å². The van der Waals surface area contributed by atoms with Gasteiger partial charge in [-0.25, -0.2) is 4.98 Å². The molecule has 0 spiro atoms. The molecule has 2 heterocycles. The molecular formula is C26H25ClN4O. The summed E-state index contributed by atoms with van der Waals surface area (Å²) >= 11 is 6.55. The van der Waals surface area contributed by atoms with Gasteiger partial charge in [-0.1, -0.05) is 48.0 Å². The van der Waals surface area contributed by atoms with Gasteiger partial charge in [0, 0.05) is 47.3 Å². The van der Waals surface area contributed by atoms with Crippen molar-refractivity contribution in [2.45, 2.75) is 18.8 Å². The third-order valence-electron chi connectivity index (χ3n) is 6.04. The SMILES string of the molecule is O=C(NCC(c1ccccc1Cl)c1c[nH]c2ccccc12)c1ccc(NCC2CC2)nc1. The normalized spacial score (nSPS) is 14.3. The molecule has 5 rings (SSSR count). The van der Waals surface area contributed by atoms with Gasteiger partial charge in [0.05, 0.1) is 5.56 Å². The lowest BCUT2D eigenvalue weighted by molar-refractivity contribution is 0.0952. The van der Waals surface area contributed by atoms with Crippen LogP contribution in [0.4, 0.5) is 5.82 Å². The number of halogens is 1. The van der Waals surface area contributed by atoms with Gasteiger partial charge < -0.3 is 15.6 Å². The van der Waals surface area contributed by atoms with Crippen molar-refractivity contribution in [2.75, 3.05) is 18.4 Å². The average molecular weight is 445 g/mol. The molecule has 0 saturated heterocycles. The Morgan fingerprint density at radius 2 is 1.88 bits per heavy atom. The van der Waals surface area contributed by atoms with Crippen LogP contribution in [-0.4, -0.2) is 29.0 Å². The van der Waals surface area contributed by atoms with Gasteiger partial charge in [0.1, 0.15) is 5.82 Å². The van der Waals surface area contributed by atoms with Crippen molar-refractivity contribution < 1.29 is 4.79 Å². The Morgan fingerprint density at radius 1 is 1.06 bits per heavy atom. The zero-order chi connectivity index (χ0) is 21.9. The highest BCUT2D eigenvalue weighted by atomic mass is 35.5. The summed E-state index contributed by atoms with van der Waals surface area (Å²) in [5, 5.41) is 8.22. The third-order valence-corrected chi connectivity index (χ3v) is 6.38. The van der Waals surface area contributed by atoms with E-state index < -0.39 is 0 Å². The zero-order valence-electron chi connectivity index (χ0n) is 17.6. The van der Waals surface area contributed by atoms with Gasteiger partial charge in [-0.15, -0.1) is 0 Å². The molecule has 6 heteroatoms. The first-order valence-electron chi connectivity index (χ1n) is 11.0.